The molecule has 0 spiro atoms. The van der Waals surface area contributed by atoms with Gasteiger partial charge < -0.3 is 4.43 Å². The second kappa shape index (κ2) is 6.19. The predicted octanol–water partition coefficient (Wildman–Crippen LogP) is 5.29. The van der Waals surface area contributed by atoms with E-state index in [1.54, 1.807) is 0 Å². The maximum Gasteiger partial charge on any atom is 0.192 e. The van der Waals surface area contributed by atoms with Gasteiger partial charge in [0.25, 0.3) is 0 Å². The van der Waals surface area contributed by atoms with E-state index >= 15 is 0 Å². The Hall–Kier alpha value is -0.0831. The molecule has 1 unspecified atom stereocenters. The Labute approximate surface area is 109 Å². The molecule has 0 radical (unpaired) electrons. The quantitative estimate of drug-likeness (QED) is 0.481. The van der Waals surface area contributed by atoms with Crippen molar-refractivity contribution in [2.45, 2.75) is 83.5 Å². The summed E-state index contributed by atoms with van der Waals surface area (Å²) in [5.74, 6) is 0. The van der Waals surface area contributed by atoms with Gasteiger partial charge in [-0.15, -0.1) is 0 Å². The zero-order valence-electron chi connectivity index (χ0n) is 12.4. The Morgan fingerprint density at radius 3 is 2.35 bits per heavy atom. The molecule has 17 heavy (non-hydrogen) atoms. The molecule has 0 N–H and O–H groups in total. The SMILES string of the molecule is CC(C)(C)[Si](C)(C)OC1/C=C\CCCCCC1. The summed E-state index contributed by atoms with van der Waals surface area (Å²) >= 11 is 0. The Bertz CT molecular complexity index is 250. The van der Waals surface area contributed by atoms with Gasteiger partial charge in [0.05, 0.1) is 6.10 Å². The zero-order valence-corrected chi connectivity index (χ0v) is 13.4. The van der Waals surface area contributed by atoms with Crippen molar-refractivity contribution in [2.75, 3.05) is 0 Å². The van der Waals surface area contributed by atoms with Gasteiger partial charge in [0.15, 0.2) is 8.32 Å². The summed E-state index contributed by atoms with van der Waals surface area (Å²) in [6.07, 6.45) is 12.9. The van der Waals surface area contributed by atoms with E-state index in [1.165, 1.54) is 38.5 Å². The molecule has 1 atom stereocenters. The van der Waals surface area contributed by atoms with Gasteiger partial charge in [-0.2, -0.15) is 0 Å². The smallest absolute Gasteiger partial charge is 0.192 e. The standard InChI is InChI=1S/C15H30OSi/c1-15(2,3)17(4,5)16-14-12-10-8-6-7-9-11-13-14/h10,12,14H,6-9,11,13H2,1-5H3/b12-10-. The fourth-order valence-electron chi connectivity index (χ4n) is 1.96. The first kappa shape index (κ1) is 15.0. The van der Waals surface area contributed by atoms with Crippen molar-refractivity contribution in [3.8, 4) is 0 Å². The lowest BCUT2D eigenvalue weighted by molar-refractivity contribution is 0.211. The van der Waals surface area contributed by atoms with E-state index in [2.05, 4.69) is 46.0 Å². The molecule has 2 heteroatoms. The molecular weight excluding hydrogens is 224 g/mol. The van der Waals surface area contributed by atoms with Crippen LogP contribution in [0.15, 0.2) is 12.2 Å². The minimum atomic E-state index is -1.60. The molecule has 0 fully saturated rings. The van der Waals surface area contributed by atoms with Crippen molar-refractivity contribution in [3.63, 3.8) is 0 Å². The number of hydrogen-bond donors (Lipinski definition) is 0. The van der Waals surface area contributed by atoms with E-state index in [-0.39, 0.29) is 0 Å². The second-order valence-corrected chi connectivity index (χ2v) is 11.6. The largest absolute Gasteiger partial charge is 0.411 e. The third kappa shape index (κ3) is 4.97. The van der Waals surface area contributed by atoms with Gasteiger partial charge in [-0.05, 0) is 37.4 Å². The van der Waals surface area contributed by atoms with E-state index in [4.69, 9.17) is 4.43 Å². The molecule has 0 heterocycles. The molecule has 0 aromatic carbocycles. The molecule has 1 rings (SSSR count). The normalized spacial score (nSPS) is 25.8. The number of hydrogen-bond acceptors (Lipinski definition) is 1. The second-order valence-electron chi connectivity index (χ2n) is 6.84. The first-order valence-corrected chi connectivity index (χ1v) is 10.1. The van der Waals surface area contributed by atoms with E-state index in [0.717, 1.165) is 0 Å². The molecule has 100 valence electrons. The molecule has 0 saturated carbocycles. The van der Waals surface area contributed by atoms with Crippen LogP contribution in [0, 0.1) is 0 Å². The summed E-state index contributed by atoms with van der Waals surface area (Å²) in [5.41, 5.74) is 0. The Morgan fingerprint density at radius 1 is 1.06 bits per heavy atom. The zero-order chi connectivity index (χ0) is 12.9. The molecule has 0 aromatic heterocycles. The van der Waals surface area contributed by atoms with Crippen LogP contribution in [0.5, 0.6) is 0 Å². The van der Waals surface area contributed by atoms with E-state index in [0.29, 0.717) is 11.1 Å². The Kier molecular flexibility index (Phi) is 5.45. The third-order valence-electron chi connectivity index (χ3n) is 4.21. The summed E-state index contributed by atoms with van der Waals surface area (Å²) in [6, 6.07) is 0. The highest BCUT2D eigenvalue weighted by Crippen LogP contribution is 2.38. The van der Waals surface area contributed by atoms with E-state index in [1.807, 2.05) is 0 Å². The molecule has 0 aliphatic heterocycles. The Morgan fingerprint density at radius 2 is 1.71 bits per heavy atom. The molecule has 1 nitrogen and oxygen atoms in total. The summed E-state index contributed by atoms with van der Waals surface area (Å²) < 4.78 is 6.49. The van der Waals surface area contributed by atoms with Crippen LogP contribution in [0.3, 0.4) is 0 Å². The summed E-state index contributed by atoms with van der Waals surface area (Å²) in [6.45, 7) is 11.7. The third-order valence-corrected chi connectivity index (χ3v) is 8.72. The molecule has 0 aromatic rings. The van der Waals surface area contributed by atoms with Gasteiger partial charge in [-0.25, -0.2) is 0 Å². The summed E-state index contributed by atoms with van der Waals surface area (Å²) in [4.78, 5) is 0. The van der Waals surface area contributed by atoms with Crippen molar-refractivity contribution in [1.29, 1.82) is 0 Å². The van der Waals surface area contributed by atoms with Crippen LogP contribution in [-0.4, -0.2) is 14.4 Å². The number of rotatable bonds is 2. The lowest BCUT2D eigenvalue weighted by Crippen LogP contribution is -2.43. The van der Waals surface area contributed by atoms with Gasteiger partial charge >= 0.3 is 0 Å². The molecule has 0 amide bonds. The average Bonchev–Trinajstić information content (AvgIpc) is 2.29. The van der Waals surface area contributed by atoms with Crippen LogP contribution in [0.2, 0.25) is 18.1 Å². The van der Waals surface area contributed by atoms with Crippen LogP contribution < -0.4 is 0 Å². The fraction of sp³-hybridized carbons (Fsp3) is 0.867. The van der Waals surface area contributed by atoms with Crippen LogP contribution in [0.1, 0.15) is 59.3 Å². The lowest BCUT2D eigenvalue weighted by atomic mass is 10.1. The first-order valence-electron chi connectivity index (χ1n) is 7.17. The van der Waals surface area contributed by atoms with E-state index < -0.39 is 8.32 Å². The summed E-state index contributed by atoms with van der Waals surface area (Å²) in [5, 5.41) is 0.319. The molecular formula is C15H30OSi. The van der Waals surface area contributed by atoms with Crippen LogP contribution >= 0.6 is 0 Å². The molecule has 1 aliphatic rings. The minimum absolute atomic E-state index is 0.319. The predicted molar refractivity (Wildman–Crippen MR) is 78.9 cm³/mol. The van der Waals surface area contributed by atoms with Crippen molar-refractivity contribution in [3.05, 3.63) is 12.2 Å². The molecule has 1 aliphatic carbocycles. The van der Waals surface area contributed by atoms with Gasteiger partial charge in [-0.1, -0.05) is 52.2 Å². The number of allylic oxidation sites excluding steroid dienone is 1. The monoisotopic (exact) mass is 254 g/mol. The molecule has 0 saturated heterocycles. The molecule has 0 bridgehead atoms. The first-order chi connectivity index (χ1) is 7.83. The maximum atomic E-state index is 6.49. The van der Waals surface area contributed by atoms with Crippen molar-refractivity contribution >= 4 is 8.32 Å². The topological polar surface area (TPSA) is 9.23 Å². The van der Waals surface area contributed by atoms with Crippen LogP contribution in [-0.2, 0) is 4.43 Å². The van der Waals surface area contributed by atoms with Crippen LogP contribution in [0.25, 0.3) is 0 Å². The minimum Gasteiger partial charge on any atom is -0.411 e. The van der Waals surface area contributed by atoms with Gasteiger partial charge in [-0.3, -0.25) is 0 Å². The van der Waals surface area contributed by atoms with Crippen molar-refractivity contribution < 1.29 is 4.43 Å². The lowest BCUT2D eigenvalue weighted by Gasteiger charge is -2.38. The van der Waals surface area contributed by atoms with Gasteiger partial charge in [0, 0.05) is 0 Å². The highest BCUT2D eigenvalue weighted by atomic mass is 28.4. The highest BCUT2D eigenvalue weighted by Gasteiger charge is 2.38. The van der Waals surface area contributed by atoms with Crippen molar-refractivity contribution in [2.24, 2.45) is 0 Å². The van der Waals surface area contributed by atoms with Gasteiger partial charge in [0.1, 0.15) is 0 Å². The maximum absolute atomic E-state index is 6.49. The van der Waals surface area contributed by atoms with Gasteiger partial charge in [0.2, 0.25) is 0 Å². The average molecular weight is 254 g/mol. The van der Waals surface area contributed by atoms with Crippen LogP contribution in [0.4, 0.5) is 0 Å². The summed E-state index contributed by atoms with van der Waals surface area (Å²) in [7, 11) is -1.60. The van der Waals surface area contributed by atoms with Crippen molar-refractivity contribution in [1.82, 2.24) is 0 Å². The highest BCUT2D eigenvalue weighted by molar-refractivity contribution is 6.74. The van der Waals surface area contributed by atoms with E-state index in [9.17, 15) is 0 Å². The Balaban J connectivity index is 2.61. The fourth-order valence-corrected chi connectivity index (χ4v) is 3.27.